The molecule has 3 rings (SSSR count). The molecule has 3 aromatic rings. The highest BCUT2D eigenvalue weighted by molar-refractivity contribution is 7.81. The van der Waals surface area contributed by atoms with Crippen LogP contribution in [0, 0.1) is 0 Å². The van der Waals surface area contributed by atoms with Gasteiger partial charge in [0, 0.05) is 27.9 Å². The van der Waals surface area contributed by atoms with E-state index in [-0.39, 0.29) is 27.0 Å². The Morgan fingerprint density at radius 2 is 1.70 bits per heavy atom. The number of ether oxygens (including phenoxy) is 1. The zero-order valence-corrected chi connectivity index (χ0v) is 17.5. The van der Waals surface area contributed by atoms with Gasteiger partial charge >= 0.3 is 6.61 Å². The smallest absolute Gasteiger partial charge is 0.387 e. The van der Waals surface area contributed by atoms with Crippen LogP contribution in [0.25, 0.3) is 11.5 Å². The highest BCUT2D eigenvalue weighted by Crippen LogP contribution is 2.27. The second-order valence-corrected chi connectivity index (χ2v) is 7.19. The summed E-state index contributed by atoms with van der Waals surface area (Å²) in [5, 5.41) is 16.8. The van der Waals surface area contributed by atoms with Gasteiger partial charge in [-0.15, -0.1) is 0 Å². The van der Waals surface area contributed by atoms with Crippen LogP contribution in [0.1, 0.15) is 5.56 Å². The molecule has 0 unspecified atom stereocenters. The van der Waals surface area contributed by atoms with Crippen LogP contribution in [-0.2, 0) is 0 Å². The number of pyridine rings is 1. The van der Waals surface area contributed by atoms with Crippen LogP contribution >= 0.6 is 35.4 Å². The molecule has 0 aliphatic carbocycles. The van der Waals surface area contributed by atoms with E-state index in [1.165, 1.54) is 36.4 Å². The minimum atomic E-state index is -2.92. The Morgan fingerprint density at radius 1 is 1.03 bits per heavy atom. The van der Waals surface area contributed by atoms with Crippen molar-refractivity contribution in [2.75, 3.05) is 5.32 Å². The molecule has 0 bridgehead atoms. The molecule has 30 heavy (non-hydrogen) atoms. The summed E-state index contributed by atoms with van der Waals surface area (Å²) in [5.41, 5.74) is 0.880. The third-order valence-corrected chi connectivity index (χ3v) is 4.76. The van der Waals surface area contributed by atoms with Crippen LogP contribution in [0.5, 0.6) is 5.75 Å². The largest absolute Gasteiger partial charge is 0.867 e. The zero-order chi connectivity index (χ0) is 21.7. The molecule has 1 heterocycles. The molecule has 0 aliphatic heterocycles. The van der Waals surface area contributed by atoms with Gasteiger partial charge in [-0.05, 0) is 47.7 Å². The minimum absolute atomic E-state index is 0.00660. The van der Waals surface area contributed by atoms with E-state index in [0.717, 1.165) is 0 Å². The number of rotatable bonds is 6. The average molecular weight is 467 g/mol. The van der Waals surface area contributed by atoms with E-state index in [9.17, 15) is 13.9 Å². The molecule has 0 aliphatic rings. The number of nitrogens with one attached hydrogen (secondary N) is 1. The lowest BCUT2D eigenvalue weighted by atomic mass is 10.1. The van der Waals surface area contributed by atoms with Crippen molar-refractivity contribution >= 4 is 57.6 Å². The highest BCUT2D eigenvalue weighted by atomic mass is 35.5. The van der Waals surface area contributed by atoms with Gasteiger partial charge < -0.3 is 15.2 Å². The van der Waals surface area contributed by atoms with Crippen LogP contribution in [0.4, 0.5) is 14.5 Å². The van der Waals surface area contributed by atoms with Crippen molar-refractivity contribution in [1.82, 2.24) is 0 Å². The molecule has 1 aromatic heterocycles. The first kappa shape index (κ1) is 22.0. The number of halogens is 4. The number of thiocarbonyl (C=S) groups is 1. The van der Waals surface area contributed by atoms with Crippen molar-refractivity contribution in [2.24, 2.45) is 0 Å². The van der Waals surface area contributed by atoms with E-state index in [4.69, 9.17) is 35.4 Å². The number of alkyl halides is 2. The summed E-state index contributed by atoms with van der Waals surface area (Å²) >= 11 is 17.6. The molecule has 2 aromatic carbocycles. The fourth-order valence-corrected chi connectivity index (χ4v) is 3.41. The Morgan fingerprint density at radius 3 is 2.30 bits per heavy atom. The summed E-state index contributed by atoms with van der Waals surface area (Å²) < 4.78 is 30.5. The molecule has 0 saturated heterocycles. The molecule has 0 fully saturated rings. The lowest BCUT2D eigenvalue weighted by Gasteiger charge is -2.18. The van der Waals surface area contributed by atoms with E-state index in [2.05, 4.69) is 10.1 Å². The monoisotopic (exact) mass is 466 g/mol. The van der Waals surface area contributed by atoms with Gasteiger partial charge in [0.05, 0.1) is 0 Å². The lowest BCUT2D eigenvalue weighted by molar-refractivity contribution is -0.577. The first-order valence-corrected chi connectivity index (χ1v) is 9.71. The maximum absolute atomic E-state index is 13.3. The molecule has 154 valence electrons. The summed E-state index contributed by atoms with van der Waals surface area (Å²) in [6, 6.07) is 15.6. The molecule has 1 N–H and O–H groups in total. The van der Waals surface area contributed by atoms with Crippen molar-refractivity contribution in [1.29, 1.82) is 0 Å². The molecular formula is C21H14Cl2F2N2O2S. The Balaban J connectivity index is 1.97. The molecule has 0 radical (unpaired) electrons. The van der Waals surface area contributed by atoms with Crippen LogP contribution < -0.4 is 19.7 Å². The molecule has 9 heteroatoms. The van der Waals surface area contributed by atoms with Gasteiger partial charge in [0.1, 0.15) is 5.75 Å². The predicted octanol–water partition coefficient (Wildman–Crippen LogP) is 5.01. The second-order valence-electron chi connectivity index (χ2n) is 5.94. The third kappa shape index (κ3) is 5.44. The number of benzene rings is 2. The zero-order valence-electron chi connectivity index (χ0n) is 15.2. The topological polar surface area (TPSA) is 48.2 Å². The second kappa shape index (κ2) is 9.84. The number of hydrogen-bond donors (Lipinski definition) is 1. The summed E-state index contributed by atoms with van der Waals surface area (Å²) in [6.07, 6.45) is 3.34. The van der Waals surface area contributed by atoms with Crippen molar-refractivity contribution in [2.45, 2.75) is 6.61 Å². The van der Waals surface area contributed by atoms with Gasteiger partial charge in [0.25, 0.3) is 0 Å². The Labute approximate surface area is 186 Å². The predicted molar refractivity (Wildman–Crippen MR) is 116 cm³/mol. The van der Waals surface area contributed by atoms with Gasteiger partial charge in [-0.3, -0.25) is 0 Å². The van der Waals surface area contributed by atoms with Crippen molar-refractivity contribution in [3.63, 3.8) is 0 Å². The van der Waals surface area contributed by atoms with Crippen molar-refractivity contribution < 1.29 is 23.2 Å². The molecule has 0 spiro atoms. The van der Waals surface area contributed by atoms with Gasteiger partial charge in [-0.2, -0.15) is 13.3 Å². The maximum atomic E-state index is 13.3. The molecule has 0 amide bonds. The van der Waals surface area contributed by atoms with Crippen LogP contribution in [-0.4, -0.2) is 11.6 Å². The fourth-order valence-electron chi connectivity index (χ4n) is 2.60. The van der Waals surface area contributed by atoms with Crippen LogP contribution in [0.2, 0.25) is 10.0 Å². The van der Waals surface area contributed by atoms with E-state index in [1.54, 1.807) is 41.2 Å². The van der Waals surface area contributed by atoms with E-state index >= 15 is 0 Å². The van der Waals surface area contributed by atoms with Gasteiger partial charge in [0.15, 0.2) is 17.4 Å². The molecular weight excluding hydrogens is 453 g/mol. The molecule has 0 saturated carbocycles. The van der Waals surface area contributed by atoms with E-state index < -0.39 is 12.4 Å². The van der Waals surface area contributed by atoms with Gasteiger partial charge in [0.2, 0.25) is 5.70 Å². The standard InChI is InChI=1S/C21H14Cl2F2N2O2S/c22-13-4-9-16(17(23)12-13)19(28)18(27-10-2-1-3-11-27)20(30)26-14-5-7-15(8-6-14)29-21(24)25/h1-12,21H,(H-,26,28,30). The normalized spacial score (nSPS) is 11.8. The maximum Gasteiger partial charge on any atom is 0.387 e. The van der Waals surface area contributed by atoms with Crippen LogP contribution in [0.3, 0.4) is 0 Å². The minimum Gasteiger partial charge on any atom is -0.867 e. The summed E-state index contributed by atoms with van der Waals surface area (Å²) in [4.78, 5) is 0.116. The summed E-state index contributed by atoms with van der Waals surface area (Å²) in [7, 11) is 0. The van der Waals surface area contributed by atoms with Crippen LogP contribution in [0.15, 0.2) is 73.1 Å². The highest BCUT2D eigenvalue weighted by Gasteiger charge is 2.20. The van der Waals surface area contributed by atoms with Crippen molar-refractivity contribution in [3.8, 4) is 5.75 Å². The summed E-state index contributed by atoms with van der Waals surface area (Å²) in [6.45, 7) is -2.92. The Kier molecular flexibility index (Phi) is 7.20. The Bertz CT molecular complexity index is 1080. The number of anilines is 1. The molecule has 4 nitrogen and oxygen atoms in total. The van der Waals surface area contributed by atoms with E-state index in [0.29, 0.717) is 10.7 Å². The SMILES string of the molecule is [O-]C(=C(C(=S)Nc1ccc(OC(F)F)cc1)[n+]1ccccc1)c1ccc(Cl)cc1Cl. The number of nitrogens with zero attached hydrogens (tertiary/aromatic N) is 1. The average Bonchev–Trinajstić information content (AvgIpc) is 2.70. The molecule has 0 atom stereocenters. The quantitative estimate of drug-likeness (QED) is 0.240. The van der Waals surface area contributed by atoms with Crippen molar-refractivity contribution in [3.05, 3.63) is 88.7 Å². The van der Waals surface area contributed by atoms with Gasteiger partial charge in [-0.25, -0.2) is 0 Å². The lowest BCUT2D eigenvalue weighted by Crippen LogP contribution is -2.39. The first-order chi connectivity index (χ1) is 14.3. The first-order valence-electron chi connectivity index (χ1n) is 8.55. The number of hydrogen-bond acceptors (Lipinski definition) is 3. The number of aromatic nitrogens is 1. The Hall–Kier alpha value is -2.74. The van der Waals surface area contributed by atoms with Gasteiger partial charge in [-0.1, -0.05) is 47.6 Å². The van der Waals surface area contributed by atoms with E-state index in [1.807, 2.05) is 0 Å². The third-order valence-electron chi connectivity index (χ3n) is 3.92. The fraction of sp³-hybridized carbons (Fsp3) is 0.0476. The summed E-state index contributed by atoms with van der Waals surface area (Å²) in [5.74, 6) is -0.407.